The maximum atomic E-state index is 12.2. The molecule has 2 atom stereocenters. The second-order valence-corrected chi connectivity index (χ2v) is 5.09. The van der Waals surface area contributed by atoms with Gasteiger partial charge in [0.25, 0.3) is 0 Å². The van der Waals surface area contributed by atoms with E-state index in [9.17, 15) is 35.4 Å². The van der Waals surface area contributed by atoms with Gasteiger partial charge in [0.1, 0.15) is 22.8 Å². The standard InChI is InChI=1S/C15H12O8/c16-6-3-7(17)11-10(4-6)23-15(14(22)13(11)21)5-1-8(18)12(20)9(19)2-5/h1-4,14-20,22H/t14-,15?/m1/s1. The number of aliphatic hydroxyl groups excluding tert-OH is 1. The summed E-state index contributed by atoms with van der Waals surface area (Å²) in [5.41, 5.74) is -0.258. The number of carbonyl (C=O) groups excluding carboxylic acids is 1. The Kier molecular flexibility index (Phi) is 3.19. The molecule has 0 amide bonds. The Morgan fingerprint density at radius 2 is 1.48 bits per heavy atom. The topological polar surface area (TPSA) is 148 Å². The smallest absolute Gasteiger partial charge is 0.202 e. The Labute approximate surface area is 129 Å². The highest BCUT2D eigenvalue weighted by molar-refractivity contribution is 6.05. The third-order valence-corrected chi connectivity index (χ3v) is 3.54. The van der Waals surface area contributed by atoms with Crippen molar-refractivity contribution in [2.75, 3.05) is 0 Å². The SMILES string of the molecule is O=C1c2c(O)cc(O)cc2OC(c2cc(O)c(O)c(O)c2)[C@@H]1O. The molecule has 0 radical (unpaired) electrons. The first-order chi connectivity index (χ1) is 10.8. The molecule has 1 aliphatic heterocycles. The third kappa shape index (κ3) is 2.25. The maximum Gasteiger partial charge on any atom is 0.202 e. The van der Waals surface area contributed by atoms with Crippen LogP contribution in [0.1, 0.15) is 22.0 Å². The van der Waals surface area contributed by atoms with E-state index < -0.39 is 41.0 Å². The van der Waals surface area contributed by atoms with Crippen LogP contribution in [0.4, 0.5) is 0 Å². The van der Waals surface area contributed by atoms with Gasteiger partial charge in [-0.25, -0.2) is 0 Å². The summed E-state index contributed by atoms with van der Waals surface area (Å²) in [6, 6.07) is 4.06. The lowest BCUT2D eigenvalue weighted by Crippen LogP contribution is -2.36. The zero-order chi connectivity index (χ0) is 16.9. The highest BCUT2D eigenvalue weighted by atomic mass is 16.5. The van der Waals surface area contributed by atoms with Crippen molar-refractivity contribution < 1.29 is 40.2 Å². The zero-order valence-electron chi connectivity index (χ0n) is 11.5. The molecule has 0 saturated heterocycles. The molecule has 2 aromatic rings. The van der Waals surface area contributed by atoms with Gasteiger partial charge in [-0.2, -0.15) is 0 Å². The summed E-state index contributed by atoms with van der Waals surface area (Å²) >= 11 is 0. The number of benzene rings is 2. The number of Topliss-reactive ketones (excluding diaryl/α,β-unsaturated/α-hetero) is 1. The number of carbonyl (C=O) groups is 1. The summed E-state index contributed by atoms with van der Waals surface area (Å²) in [5.74, 6) is -3.96. The number of phenols is 5. The molecule has 0 aromatic heterocycles. The van der Waals surface area contributed by atoms with Gasteiger partial charge >= 0.3 is 0 Å². The number of ether oxygens (including phenoxy) is 1. The van der Waals surface area contributed by atoms with E-state index in [0.717, 1.165) is 24.3 Å². The fraction of sp³-hybridized carbons (Fsp3) is 0.133. The van der Waals surface area contributed by atoms with Crippen LogP contribution in [-0.2, 0) is 0 Å². The minimum atomic E-state index is -1.72. The molecule has 2 aromatic carbocycles. The van der Waals surface area contributed by atoms with Crippen LogP contribution in [0.2, 0.25) is 0 Å². The number of hydrogen-bond acceptors (Lipinski definition) is 8. The van der Waals surface area contributed by atoms with Gasteiger partial charge in [0.2, 0.25) is 5.78 Å². The molecule has 0 aliphatic carbocycles. The van der Waals surface area contributed by atoms with Gasteiger partial charge < -0.3 is 35.4 Å². The van der Waals surface area contributed by atoms with Gasteiger partial charge in [0.15, 0.2) is 29.5 Å². The van der Waals surface area contributed by atoms with Crippen molar-refractivity contribution in [2.45, 2.75) is 12.2 Å². The van der Waals surface area contributed by atoms with Crippen molar-refractivity contribution in [2.24, 2.45) is 0 Å². The van der Waals surface area contributed by atoms with E-state index in [1.807, 2.05) is 0 Å². The molecule has 6 N–H and O–H groups in total. The Hall–Kier alpha value is -3.13. The zero-order valence-corrected chi connectivity index (χ0v) is 11.5. The summed E-state index contributed by atoms with van der Waals surface area (Å²) in [6.07, 6.45) is -3.03. The third-order valence-electron chi connectivity index (χ3n) is 3.54. The van der Waals surface area contributed by atoms with Crippen molar-refractivity contribution in [3.05, 3.63) is 35.4 Å². The predicted molar refractivity (Wildman–Crippen MR) is 74.9 cm³/mol. The monoisotopic (exact) mass is 320 g/mol. The van der Waals surface area contributed by atoms with Gasteiger partial charge in [0, 0.05) is 17.7 Å². The molecule has 0 bridgehead atoms. The average molecular weight is 320 g/mol. The lowest BCUT2D eigenvalue weighted by atomic mass is 9.92. The minimum Gasteiger partial charge on any atom is -0.508 e. The molecular formula is C15H12O8. The Balaban J connectivity index is 2.11. The summed E-state index contributed by atoms with van der Waals surface area (Å²) in [6.45, 7) is 0. The average Bonchev–Trinajstić information content (AvgIpc) is 2.47. The fourth-order valence-corrected chi connectivity index (χ4v) is 2.45. The van der Waals surface area contributed by atoms with E-state index in [4.69, 9.17) is 4.74 Å². The number of fused-ring (bicyclic) bond motifs is 1. The number of aromatic hydroxyl groups is 5. The number of aliphatic hydroxyl groups is 1. The van der Waals surface area contributed by atoms with Crippen molar-refractivity contribution >= 4 is 5.78 Å². The molecule has 8 heteroatoms. The molecule has 23 heavy (non-hydrogen) atoms. The molecule has 1 heterocycles. The summed E-state index contributed by atoms with van der Waals surface area (Å²) < 4.78 is 5.42. The van der Waals surface area contributed by atoms with E-state index >= 15 is 0 Å². The van der Waals surface area contributed by atoms with Gasteiger partial charge in [-0.05, 0) is 12.1 Å². The number of rotatable bonds is 1. The second-order valence-electron chi connectivity index (χ2n) is 5.09. The van der Waals surface area contributed by atoms with E-state index in [1.165, 1.54) is 0 Å². The normalized spacial score (nSPS) is 20.0. The highest BCUT2D eigenvalue weighted by Crippen LogP contribution is 2.44. The van der Waals surface area contributed by atoms with Crippen LogP contribution in [0, 0.1) is 0 Å². The lowest BCUT2D eigenvalue weighted by Gasteiger charge is -2.30. The fourth-order valence-electron chi connectivity index (χ4n) is 2.45. The van der Waals surface area contributed by atoms with Gasteiger partial charge in [0.05, 0.1) is 0 Å². The summed E-state index contributed by atoms with van der Waals surface area (Å²) in [5, 5.41) is 57.7. The van der Waals surface area contributed by atoms with E-state index in [0.29, 0.717) is 0 Å². The number of ketones is 1. The quantitative estimate of drug-likeness (QED) is 0.424. The highest BCUT2D eigenvalue weighted by Gasteiger charge is 2.39. The first kappa shape index (κ1) is 14.8. The molecule has 0 saturated carbocycles. The van der Waals surface area contributed by atoms with Crippen LogP contribution in [0.25, 0.3) is 0 Å². The summed E-state index contributed by atoms with van der Waals surface area (Å²) in [4.78, 5) is 12.2. The Morgan fingerprint density at radius 1 is 0.870 bits per heavy atom. The lowest BCUT2D eigenvalue weighted by molar-refractivity contribution is 0.0209. The Bertz CT molecular complexity index is 790. The first-order valence-electron chi connectivity index (χ1n) is 6.49. The van der Waals surface area contributed by atoms with Crippen LogP contribution in [0.5, 0.6) is 34.5 Å². The van der Waals surface area contributed by atoms with Crippen LogP contribution >= 0.6 is 0 Å². The molecule has 0 fully saturated rings. The molecule has 1 aliphatic rings. The molecule has 0 spiro atoms. The van der Waals surface area contributed by atoms with Crippen molar-refractivity contribution in [3.63, 3.8) is 0 Å². The predicted octanol–water partition coefficient (Wildman–Crippen LogP) is 0.892. The number of hydrogen-bond donors (Lipinski definition) is 6. The molecular weight excluding hydrogens is 308 g/mol. The van der Waals surface area contributed by atoms with Gasteiger partial charge in [-0.1, -0.05) is 0 Å². The van der Waals surface area contributed by atoms with Crippen LogP contribution < -0.4 is 4.74 Å². The van der Waals surface area contributed by atoms with Crippen LogP contribution in [-0.4, -0.2) is 42.5 Å². The maximum absolute atomic E-state index is 12.2. The van der Waals surface area contributed by atoms with Crippen LogP contribution in [0.15, 0.2) is 24.3 Å². The van der Waals surface area contributed by atoms with E-state index in [2.05, 4.69) is 0 Å². The minimum absolute atomic E-state index is 0.0205. The van der Waals surface area contributed by atoms with Crippen molar-refractivity contribution in [3.8, 4) is 34.5 Å². The molecule has 1 unspecified atom stereocenters. The molecule has 120 valence electrons. The molecule has 3 rings (SSSR count). The van der Waals surface area contributed by atoms with E-state index in [1.54, 1.807) is 0 Å². The number of phenolic OH excluding ortho intramolecular Hbond substituents is 5. The van der Waals surface area contributed by atoms with Crippen molar-refractivity contribution in [1.29, 1.82) is 0 Å². The van der Waals surface area contributed by atoms with E-state index in [-0.39, 0.29) is 22.6 Å². The van der Waals surface area contributed by atoms with Gasteiger partial charge in [-0.15, -0.1) is 0 Å². The van der Waals surface area contributed by atoms with Crippen LogP contribution in [0.3, 0.4) is 0 Å². The Morgan fingerprint density at radius 3 is 2.09 bits per heavy atom. The second kappa shape index (κ2) is 4.96. The van der Waals surface area contributed by atoms with Crippen molar-refractivity contribution in [1.82, 2.24) is 0 Å². The first-order valence-corrected chi connectivity index (χ1v) is 6.49. The molecule has 8 nitrogen and oxygen atoms in total. The van der Waals surface area contributed by atoms with Gasteiger partial charge in [-0.3, -0.25) is 4.79 Å². The largest absolute Gasteiger partial charge is 0.508 e. The summed E-state index contributed by atoms with van der Waals surface area (Å²) in [7, 11) is 0.